The number of benzene rings is 1. The number of hydrogen-bond acceptors (Lipinski definition) is 5. The summed E-state index contributed by atoms with van der Waals surface area (Å²) >= 11 is 0. The second-order valence-corrected chi connectivity index (χ2v) is 6.16. The van der Waals surface area contributed by atoms with Gasteiger partial charge in [0.05, 0.1) is 29.9 Å². The standard InChI is InChI=1S/C18H21N5O/c1-22-15-7-3-2-5-13(15)21-18(22)12-23-9-10-24-16(11-23)14-6-4-8-17(19)20-14/h2-8,16H,9-12H2,1H3,(H2,19,20)/t16-/m1/s1. The number of nitrogens with two attached hydrogens (primary N) is 1. The summed E-state index contributed by atoms with van der Waals surface area (Å²) in [7, 11) is 2.07. The molecule has 0 spiro atoms. The minimum Gasteiger partial charge on any atom is -0.384 e. The Labute approximate surface area is 140 Å². The van der Waals surface area contributed by atoms with Crippen molar-refractivity contribution in [1.82, 2.24) is 19.4 Å². The number of ether oxygens (including phenoxy) is 1. The van der Waals surface area contributed by atoms with E-state index >= 15 is 0 Å². The summed E-state index contributed by atoms with van der Waals surface area (Å²) in [5.41, 5.74) is 8.89. The minimum absolute atomic E-state index is 0.0445. The van der Waals surface area contributed by atoms with Crippen LogP contribution in [-0.4, -0.2) is 39.1 Å². The van der Waals surface area contributed by atoms with Crippen LogP contribution in [0.3, 0.4) is 0 Å². The van der Waals surface area contributed by atoms with E-state index in [1.807, 2.05) is 24.3 Å². The minimum atomic E-state index is -0.0445. The Hall–Kier alpha value is -2.44. The monoisotopic (exact) mass is 323 g/mol. The van der Waals surface area contributed by atoms with E-state index in [9.17, 15) is 0 Å². The highest BCUT2D eigenvalue weighted by Crippen LogP contribution is 2.23. The highest BCUT2D eigenvalue weighted by atomic mass is 16.5. The van der Waals surface area contributed by atoms with Gasteiger partial charge >= 0.3 is 0 Å². The summed E-state index contributed by atoms with van der Waals surface area (Å²) in [6, 6.07) is 13.9. The SMILES string of the molecule is Cn1c(CN2CCO[C@@H](c3cccc(N)n3)C2)nc2ccccc21. The van der Waals surface area contributed by atoms with Gasteiger partial charge in [-0.2, -0.15) is 0 Å². The second-order valence-electron chi connectivity index (χ2n) is 6.16. The molecule has 0 radical (unpaired) electrons. The van der Waals surface area contributed by atoms with E-state index in [0.29, 0.717) is 12.4 Å². The number of fused-ring (bicyclic) bond motifs is 1. The van der Waals surface area contributed by atoms with E-state index in [1.165, 1.54) is 0 Å². The zero-order valence-corrected chi connectivity index (χ0v) is 13.7. The van der Waals surface area contributed by atoms with Crippen LogP contribution in [0.1, 0.15) is 17.6 Å². The van der Waals surface area contributed by atoms with Crippen LogP contribution in [0.25, 0.3) is 11.0 Å². The fourth-order valence-corrected chi connectivity index (χ4v) is 3.21. The Morgan fingerprint density at radius 2 is 2.04 bits per heavy atom. The number of nitrogen functional groups attached to an aromatic ring is 1. The van der Waals surface area contributed by atoms with Crippen molar-refractivity contribution in [2.45, 2.75) is 12.6 Å². The van der Waals surface area contributed by atoms with Crippen molar-refractivity contribution in [1.29, 1.82) is 0 Å². The van der Waals surface area contributed by atoms with Crippen molar-refractivity contribution in [2.24, 2.45) is 7.05 Å². The normalized spacial score (nSPS) is 19.0. The van der Waals surface area contributed by atoms with Crippen LogP contribution in [0, 0.1) is 0 Å². The Morgan fingerprint density at radius 1 is 1.17 bits per heavy atom. The molecule has 2 aromatic heterocycles. The largest absolute Gasteiger partial charge is 0.384 e. The van der Waals surface area contributed by atoms with Gasteiger partial charge in [-0.3, -0.25) is 4.90 Å². The van der Waals surface area contributed by atoms with Crippen molar-refractivity contribution in [3.8, 4) is 0 Å². The first-order valence-corrected chi connectivity index (χ1v) is 8.17. The number of morpholine rings is 1. The first-order chi connectivity index (χ1) is 11.7. The Balaban J connectivity index is 1.53. The number of aromatic nitrogens is 3. The molecule has 1 aromatic carbocycles. The van der Waals surface area contributed by atoms with E-state index < -0.39 is 0 Å². The van der Waals surface area contributed by atoms with E-state index in [2.05, 4.69) is 33.6 Å². The lowest BCUT2D eigenvalue weighted by molar-refractivity contribution is -0.0358. The summed E-state index contributed by atoms with van der Waals surface area (Å²) in [6.45, 7) is 3.17. The molecule has 1 aliphatic rings. The summed E-state index contributed by atoms with van der Waals surface area (Å²) in [5, 5.41) is 0. The topological polar surface area (TPSA) is 69.2 Å². The molecule has 1 atom stereocenters. The molecular formula is C18H21N5O. The highest BCUT2D eigenvalue weighted by molar-refractivity contribution is 5.75. The number of pyridine rings is 1. The van der Waals surface area contributed by atoms with Gasteiger partial charge in [0.25, 0.3) is 0 Å². The molecule has 6 nitrogen and oxygen atoms in total. The molecule has 0 bridgehead atoms. The molecule has 124 valence electrons. The molecule has 1 aliphatic heterocycles. The first-order valence-electron chi connectivity index (χ1n) is 8.17. The van der Waals surface area contributed by atoms with Gasteiger partial charge in [-0.15, -0.1) is 0 Å². The van der Waals surface area contributed by atoms with E-state index in [1.54, 1.807) is 6.07 Å². The number of imidazole rings is 1. The lowest BCUT2D eigenvalue weighted by Crippen LogP contribution is -2.38. The maximum atomic E-state index is 5.89. The smallest absolute Gasteiger partial charge is 0.123 e. The fraction of sp³-hybridized carbons (Fsp3) is 0.333. The number of anilines is 1. The van der Waals surface area contributed by atoms with Crippen molar-refractivity contribution < 1.29 is 4.74 Å². The average molecular weight is 323 g/mol. The predicted octanol–water partition coefficient (Wildman–Crippen LogP) is 2.12. The third-order valence-electron chi connectivity index (χ3n) is 4.52. The third-order valence-corrected chi connectivity index (χ3v) is 4.52. The molecule has 1 saturated heterocycles. The van der Waals surface area contributed by atoms with Gasteiger partial charge in [0, 0.05) is 20.1 Å². The van der Waals surface area contributed by atoms with Crippen molar-refractivity contribution in [3.05, 3.63) is 54.0 Å². The van der Waals surface area contributed by atoms with Gasteiger partial charge < -0.3 is 15.0 Å². The quantitative estimate of drug-likeness (QED) is 0.799. The molecule has 3 heterocycles. The van der Waals surface area contributed by atoms with Gasteiger partial charge in [0.15, 0.2) is 0 Å². The average Bonchev–Trinajstić information content (AvgIpc) is 2.91. The fourth-order valence-electron chi connectivity index (χ4n) is 3.21. The summed E-state index contributed by atoms with van der Waals surface area (Å²) in [5.74, 6) is 1.60. The summed E-state index contributed by atoms with van der Waals surface area (Å²) < 4.78 is 8.05. The molecule has 4 rings (SSSR count). The molecule has 1 fully saturated rings. The molecule has 0 amide bonds. The first kappa shape index (κ1) is 15.1. The zero-order valence-electron chi connectivity index (χ0n) is 13.7. The molecule has 6 heteroatoms. The van der Waals surface area contributed by atoms with E-state index in [4.69, 9.17) is 15.5 Å². The van der Waals surface area contributed by atoms with Crippen LogP contribution in [0.2, 0.25) is 0 Å². The molecule has 0 saturated carbocycles. The van der Waals surface area contributed by atoms with Crippen molar-refractivity contribution >= 4 is 16.9 Å². The third kappa shape index (κ3) is 2.86. The number of hydrogen-bond donors (Lipinski definition) is 1. The molecular weight excluding hydrogens is 302 g/mol. The van der Waals surface area contributed by atoms with Crippen LogP contribution in [0.5, 0.6) is 0 Å². The van der Waals surface area contributed by atoms with Crippen LogP contribution < -0.4 is 5.73 Å². The van der Waals surface area contributed by atoms with Crippen molar-refractivity contribution in [2.75, 3.05) is 25.4 Å². The number of rotatable bonds is 3. The molecule has 2 N–H and O–H groups in total. The lowest BCUT2D eigenvalue weighted by Gasteiger charge is -2.32. The van der Waals surface area contributed by atoms with Gasteiger partial charge in [-0.05, 0) is 24.3 Å². The Bertz CT molecular complexity index is 859. The molecule has 0 unspecified atom stereocenters. The number of aryl methyl sites for hydroxylation is 1. The lowest BCUT2D eigenvalue weighted by atomic mass is 10.2. The maximum absolute atomic E-state index is 5.89. The molecule has 24 heavy (non-hydrogen) atoms. The van der Waals surface area contributed by atoms with Crippen LogP contribution in [0.4, 0.5) is 5.82 Å². The van der Waals surface area contributed by atoms with Crippen LogP contribution in [0.15, 0.2) is 42.5 Å². The number of para-hydroxylation sites is 2. The van der Waals surface area contributed by atoms with Crippen molar-refractivity contribution in [3.63, 3.8) is 0 Å². The molecule has 0 aliphatic carbocycles. The van der Waals surface area contributed by atoms with Crippen LogP contribution >= 0.6 is 0 Å². The van der Waals surface area contributed by atoms with Crippen LogP contribution in [-0.2, 0) is 18.3 Å². The zero-order chi connectivity index (χ0) is 16.5. The Kier molecular flexibility index (Phi) is 3.92. The van der Waals surface area contributed by atoms with E-state index in [0.717, 1.165) is 42.2 Å². The maximum Gasteiger partial charge on any atom is 0.123 e. The highest BCUT2D eigenvalue weighted by Gasteiger charge is 2.24. The summed E-state index contributed by atoms with van der Waals surface area (Å²) in [4.78, 5) is 11.5. The second kappa shape index (κ2) is 6.22. The van der Waals surface area contributed by atoms with Gasteiger partial charge in [0.1, 0.15) is 17.7 Å². The summed E-state index contributed by atoms with van der Waals surface area (Å²) in [6.07, 6.45) is -0.0445. The molecule has 3 aromatic rings. The van der Waals surface area contributed by atoms with Gasteiger partial charge in [-0.1, -0.05) is 18.2 Å². The van der Waals surface area contributed by atoms with E-state index in [-0.39, 0.29) is 6.10 Å². The predicted molar refractivity (Wildman–Crippen MR) is 93.3 cm³/mol. The van der Waals surface area contributed by atoms with Gasteiger partial charge in [0.2, 0.25) is 0 Å². The Morgan fingerprint density at radius 3 is 2.88 bits per heavy atom. The van der Waals surface area contributed by atoms with Gasteiger partial charge in [-0.25, -0.2) is 9.97 Å². The number of nitrogens with zero attached hydrogens (tertiary/aromatic N) is 4.